The summed E-state index contributed by atoms with van der Waals surface area (Å²) in [4.78, 5) is 0. The van der Waals surface area contributed by atoms with Gasteiger partial charge in [0.05, 0.1) is 6.20 Å². The van der Waals surface area contributed by atoms with E-state index in [9.17, 15) is 8.78 Å². The molecular weight excluding hydrogens is 102 g/mol. The summed E-state index contributed by atoms with van der Waals surface area (Å²) in [6.45, 7) is 0. The summed E-state index contributed by atoms with van der Waals surface area (Å²) in [6.07, 6.45) is 1.60. The maximum Gasteiger partial charge on any atom is 0.380 e. The van der Waals surface area contributed by atoms with Gasteiger partial charge < -0.3 is 0 Å². The van der Waals surface area contributed by atoms with E-state index < -0.39 is 6.05 Å². The van der Waals surface area contributed by atoms with Crippen LogP contribution in [-0.4, -0.2) is 6.05 Å². The average Bonchev–Trinajstić information content (AvgIpc) is 1.84. The fourth-order valence-corrected chi connectivity index (χ4v) is 0.267. The normalized spacial score (nSPS) is 23.7. The minimum Gasteiger partial charge on any atom is -0.175 e. The molecule has 0 aromatic carbocycles. The van der Waals surface area contributed by atoms with Gasteiger partial charge >= 0.3 is 6.05 Å². The standard InChI is InChI=1S/C3H2F2N2/c4-3(5)1-2-6-7-3/h1-2H. The first-order valence-corrected chi connectivity index (χ1v) is 1.68. The zero-order chi connectivity index (χ0) is 5.33. The molecule has 1 aliphatic rings. The van der Waals surface area contributed by atoms with Gasteiger partial charge in [0.1, 0.15) is 0 Å². The molecule has 0 spiro atoms. The molecule has 0 aromatic rings. The summed E-state index contributed by atoms with van der Waals surface area (Å²) >= 11 is 0. The van der Waals surface area contributed by atoms with Gasteiger partial charge in [-0.15, -0.1) is 5.11 Å². The smallest absolute Gasteiger partial charge is 0.175 e. The predicted molar refractivity (Wildman–Crippen MR) is 18.9 cm³/mol. The molecule has 0 unspecified atom stereocenters. The van der Waals surface area contributed by atoms with E-state index in [2.05, 4.69) is 10.2 Å². The lowest BCUT2D eigenvalue weighted by Gasteiger charge is -1.93. The Morgan fingerprint density at radius 3 is 2.29 bits per heavy atom. The minimum absolute atomic E-state index is 0.632. The first-order valence-electron chi connectivity index (χ1n) is 1.68. The Balaban J connectivity index is 2.77. The molecule has 1 aliphatic heterocycles. The molecule has 38 valence electrons. The van der Waals surface area contributed by atoms with Crippen LogP contribution in [0.2, 0.25) is 0 Å². The van der Waals surface area contributed by atoms with Gasteiger partial charge in [-0.25, -0.2) is 0 Å². The van der Waals surface area contributed by atoms with Gasteiger partial charge in [-0.3, -0.25) is 0 Å². The van der Waals surface area contributed by atoms with Gasteiger partial charge in [0, 0.05) is 6.08 Å². The SMILES string of the molecule is FC1(F)C=CN=N1. The van der Waals surface area contributed by atoms with Crippen LogP contribution in [0.4, 0.5) is 8.78 Å². The molecule has 0 bridgehead atoms. The third-order valence-electron chi connectivity index (χ3n) is 0.533. The molecule has 0 aliphatic carbocycles. The molecule has 2 nitrogen and oxygen atoms in total. The zero-order valence-electron chi connectivity index (χ0n) is 3.31. The van der Waals surface area contributed by atoms with Gasteiger partial charge in [-0.2, -0.15) is 13.9 Å². The van der Waals surface area contributed by atoms with Gasteiger partial charge in [0.25, 0.3) is 0 Å². The van der Waals surface area contributed by atoms with Crippen molar-refractivity contribution in [3.05, 3.63) is 12.3 Å². The highest BCUT2D eigenvalue weighted by molar-refractivity contribution is 4.95. The van der Waals surface area contributed by atoms with E-state index in [0.29, 0.717) is 6.08 Å². The van der Waals surface area contributed by atoms with Gasteiger partial charge in [-0.1, -0.05) is 0 Å². The zero-order valence-corrected chi connectivity index (χ0v) is 3.31. The summed E-state index contributed by atoms with van der Waals surface area (Å²) in [7, 11) is 0. The van der Waals surface area contributed by atoms with Crippen LogP contribution >= 0.6 is 0 Å². The topological polar surface area (TPSA) is 24.7 Å². The second kappa shape index (κ2) is 1.08. The van der Waals surface area contributed by atoms with Crippen molar-refractivity contribution < 1.29 is 8.78 Å². The van der Waals surface area contributed by atoms with Crippen LogP contribution in [0, 0.1) is 0 Å². The molecule has 0 saturated carbocycles. The molecule has 0 N–H and O–H groups in total. The fourth-order valence-electron chi connectivity index (χ4n) is 0.267. The van der Waals surface area contributed by atoms with Crippen LogP contribution in [0.15, 0.2) is 22.5 Å². The van der Waals surface area contributed by atoms with Gasteiger partial charge in [-0.05, 0) is 0 Å². The van der Waals surface area contributed by atoms with Gasteiger partial charge in [0.15, 0.2) is 0 Å². The van der Waals surface area contributed by atoms with Crippen LogP contribution in [0.1, 0.15) is 0 Å². The second-order valence-corrected chi connectivity index (χ2v) is 1.12. The summed E-state index contributed by atoms with van der Waals surface area (Å²) in [5.41, 5.74) is 0. The third kappa shape index (κ3) is 0.792. The highest BCUT2D eigenvalue weighted by Gasteiger charge is 2.26. The molecular formula is C3H2F2N2. The molecule has 0 atom stereocenters. The minimum atomic E-state index is -3.03. The van der Waals surface area contributed by atoms with E-state index in [0.717, 1.165) is 6.20 Å². The van der Waals surface area contributed by atoms with Crippen LogP contribution in [-0.2, 0) is 0 Å². The molecule has 4 heteroatoms. The number of alkyl halides is 2. The number of hydrogen-bond donors (Lipinski definition) is 0. The van der Waals surface area contributed by atoms with Crippen molar-refractivity contribution in [1.82, 2.24) is 0 Å². The van der Waals surface area contributed by atoms with Crippen molar-refractivity contribution >= 4 is 0 Å². The van der Waals surface area contributed by atoms with E-state index in [4.69, 9.17) is 0 Å². The predicted octanol–water partition coefficient (Wildman–Crippen LogP) is 1.56. The summed E-state index contributed by atoms with van der Waals surface area (Å²) in [5.74, 6) is 0. The summed E-state index contributed by atoms with van der Waals surface area (Å²) in [5, 5.41) is 5.48. The maximum absolute atomic E-state index is 11.6. The number of rotatable bonds is 0. The van der Waals surface area contributed by atoms with E-state index in [1.54, 1.807) is 0 Å². The third-order valence-corrected chi connectivity index (χ3v) is 0.533. The highest BCUT2D eigenvalue weighted by atomic mass is 19.3. The first kappa shape index (κ1) is 4.36. The largest absolute Gasteiger partial charge is 0.380 e. The quantitative estimate of drug-likeness (QED) is 0.416. The molecule has 1 heterocycles. The Labute approximate surface area is 38.6 Å². The Hall–Kier alpha value is -0.800. The maximum atomic E-state index is 11.6. The molecule has 0 saturated heterocycles. The van der Waals surface area contributed by atoms with Crippen molar-refractivity contribution in [2.24, 2.45) is 10.2 Å². The van der Waals surface area contributed by atoms with Crippen LogP contribution in [0.5, 0.6) is 0 Å². The molecule has 0 aromatic heterocycles. The van der Waals surface area contributed by atoms with Crippen LogP contribution < -0.4 is 0 Å². The monoisotopic (exact) mass is 104 g/mol. The Morgan fingerprint density at radius 2 is 2.14 bits per heavy atom. The molecule has 1 rings (SSSR count). The summed E-state index contributed by atoms with van der Waals surface area (Å²) < 4.78 is 23.2. The lowest BCUT2D eigenvalue weighted by Crippen LogP contribution is -2.01. The number of nitrogens with zero attached hydrogens (tertiary/aromatic N) is 2. The van der Waals surface area contributed by atoms with Crippen LogP contribution in [0.25, 0.3) is 0 Å². The molecule has 7 heavy (non-hydrogen) atoms. The van der Waals surface area contributed by atoms with E-state index >= 15 is 0 Å². The highest BCUT2D eigenvalue weighted by Crippen LogP contribution is 2.21. The van der Waals surface area contributed by atoms with Crippen LogP contribution in [0.3, 0.4) is 0 Å². The van der Waals surface area contributed by atoms with Crippen molar-refractivity contribution in [2.45, 2.75) is 6.05 Å². The number of azo groups is 1. The van der Waals surface area contributed by atoms with Crippen molar-refractivity contribution in [2.75, 3.05) is 0 Å². The Morgan fingerprint density at radius 1 is 1.43 bits per heavy atom. The van der Waals surface area contributed by atoms with Gasteiger partial charge in [0.2, 0.25) is 0 Å². The Kier molecular flexibility index (Phi) is 0.675. The number of halogens is 2. The van der Waals surface area contributed by atoms with Crippen molar-refractivity contribution in [3.8, 4) is 0 Å². The Bertz CT molecular complexity index is 113. The fraction of sp³-hybridized carbons (Fsp3) is 0.333. The van der Waals surface area contributed by atoms with E-state index in [-0.39, 0.29) is 0 Å². The van der Waals surface area contributed by atoms with E-state index in [1.807, 2.05) is 0 Å². The van der Waals surface area contributed by atoms with E-state index in [1.165, 1.54) is 0 Å². The molecule has 0 fully saturated rings. The first-order chi connectivity index (χ1) is 3.21. The second-order valence-electron chi connectivity index (χ2n) is 1.12. The lowest BCUT2D eigenvalue weighted by atomic mass is 10.6. The number of hydrogen-bond acceptors (Lipinski definition) is 2. The molecule has 0 amide bonds. The van der Waals surface area contributed by atoms with Crippen molar-refractivity contribution in [3.63, 3.8) is 0 Å². The molecule has 0 radical (unpaired) electrons. The summed E-state index contributed by atoms with van der Waals surface area (Å²) in [6, 6.07) is -3.03. The lowest BCUT2D eigenvalue weighted by molar-refractivity contribution is 0.0640. The average molecular weight is 104 g/mol. The van der Waals surface area contributed by atoms with Crippen molar-refractivity contribution in [1.29, 1.82) is 0 Å².